The molecule has 1 fully saturated rings. The molecule has 0 aliphatic carbocycles. The molecule has 2 amide bonds. The van der Waals surface area contributed by atoms with Gasteiger partial charge in [0.15, 0.2) is 0 Å². The quantitative estimate of drug-likeness (QED) is 0.591. The van der Waals surface area contributed by atoms with Gasteiger partial charge in [0.2, 0.25) is 11.8 Å². The lowest BCUT2D eigenvalue weighted by atomic mass is 9.88. The van der Waals surface area contributed by atoms with Gasteiger partial charge in [0, 0.05) is 12.3 Å². The van der Waals surface area contributed by atoms with E-state index in [1.807, 2.05) is 13.0 Å². The van der Waals surface area contributed by atoms with Crippen molar-refractivity contribution >= 4 is 23.8 Å². The molecule has 0 N–H and O–H groups in total. The summed E-state index contributed by atoms with van der Waals surface area (Å²) in [5.41, 5.74) is 0.588. The molecule has 2 atom stereocenters. The Bertz CT molecular complexity index is 498. The zero-order valence-electron chi connectivity index (χ0n) is 11.6. The van der Waals surface area contributed by atoms with E-state index in [0.717, 1.165) is 19.1 Å². The molecule has 0 spiro atoms. The van der Waals surface area contributed by atoms with E-state index in [9.17, 15) is 14.4 Å². The lowest BCUT2D eigenvalue weighted by molar-refractivity contribution is -0.125. The van der Waals surface area contributed by atoms with Crippen LogP contribution in [0.25, 0.3) is 0 Å². The number of hydrogen-bond donors (Lipinski definition) is 0. The minimum Gasteiger partial charge on any atom is -0.303 e. The number of benzene rings is 1. The number of rotatable bonds is 6. The van der Waals surface area contributed by atoms with Crippen molar-refractivity contribution in [3.63, 3.8) is 0 Å². The van der Waals surface area contributed by atoms with Crippen molar-refractivity contribution in [2.24, 2.45) is 11.8 Å². The van der Waals surface area contributed by atoms with Crippen LogP contribution < -0.4 is 4.90 Å². The maximum atomic E-state index is 12.4. The molecule has 4 heteroatoms. The van der Waals surface area contributed by atoms with E-state index in [2.05, 4.69) is 0 Å². The average molecular weight is 273 g/mol. The van der Waals surface area contributed by atoms with Gasteiger partial charge in [-0.3, -0.25) is 14.5 Å². The molecule has 1 aromatic carbocycles. The summed E-state index contributed by atoms with van der Waals surface area (Å²) in [6.45, 7) is 2.04. The zero-order valence-corrected chi connectivity index (χ0v) is 11.6. The molecule has 0 saturated carbocycles. The molecule has 2 rings (SSSR count). The number of nitrogens with zero attached hydrogens (tertiary/aromatic N) is 1. The Balaban J connectivity index is 2.18. The van der Waals surface area contributed by atoms with Crippen LogP contribution in [0.15, 0.2) is 30.3 Å². The second-order valence-electron chi connectivity index (χ2n) is 5.16. The highest BCUT2D eigenvalue weighted by Crippen LogP contribution is 2.32. The Kier molecular flexibility index (Phi) is 4.66. The molecule has 20 heavy (non-hydrogen) atoms. The van der Waals surface area contributed by atoms with Gasteiger partial charge in [-0.05, 0) is 18.6 Å². The highest BCUT2D eigenvalue weighted by atomic mass is 16.2. The van der Waals surface area contributed by atoms with Gasteiger partial charge in [0.05, 0.1) is 11.6 Å². The normalized spacial score (nSPS) is 20.2. The van der Waals surface area contributed by atoms with Crippen molar-refractivity contribution < 1.29 is 14.4 Å². The third-order valence-corrected chi connectivity index (χ3v) is 3.78. The molecule has 0 radical (unpaired) electrons. The fraction of sp³-hybridized carbons (Fsp3) is 0.438. The van der Waals surface area contributed by atoms with Crippen LogP contribution in [-0.4, -0.2) is 18.1 Å². The molecular weight excluding hydrogens is 254 g/mol. The van der Waals surface area contributed by atoms with E-state index in [-0.39, 0.29) is 24.2 Å². The highest BCUT2D eigenvalue weighted by Gasteiger charge is 2.43. The first-order chi connectivity index (χ1) is 9.69. The lowest BCUT2D eigenvalue weighted by Crippen LogP contribution is -2.32. The molecule has 1 heterocycles. The summed E-state index contributed by atoms with van der Waals surface area (Å²) >= 11 is 0. The van der Waals surface area contributed by atoms with Gasteiger partial charge >= 0.3 is 0 Å². The molecule has 0 bridgehead atoms. The van der Waals surface area contributed by atoms with Crippen LogP contribution in [0.2, 0.25) is 0 Å². The van der Waals surface area contributed by atoms with Gasteiger partial charge in [-0.1, -0.05) is 38.0 Å². The van der Waals surface area contributed by atoms with Crippen LogP contribution in [0.4, 0.5) is 5.69 Å². The predicted molar refractivity (Wildman–Crippen MR) is 76.1 cm³/mol. The van der Waals surface area contributed by atoms with Crippen molar-refractivity contribution in [3.8, 4) is 0 Å². The van der Waals surface area contributed by atoms with Crippen LogP contribution >= 0.6 is 0 Å². The van der Waals surface area contributed by atoms with Gasteiger partial charge in [-0.2, -0.15) is 0 Å². The number of anilines is 1. The van der Waals surface area contributed by atoms with E-state index in [1.54, 1.807) is 24.3 Å². The van der Waals surface area contributed by atoms with E-state index >= 15 is 0 Å². The number of para-hydroxylation sites is 1. The minimum atomic E-state index is -0.494. The standard InChI is InChI=1S/C16H19NO3/c1-2-3-7-12(11-18)14-10-15(19)17(16(14)20)13-8-5-4-6-9-13/h4-6,8-9,11-12,14H,2-3,7,10H2,1H3. The SMILES string of the molecule is CCCCC(C=O)C1CC(=O)N(c2ccccc2)C1=O. The van der Waals surface area contributed by atoms with Gasteiger partial charge < -0.3 is 4.79 Å². The number of aldehydes is 1. The topological polar surface area (TPSA) is 54.5 Å². The van der Waals surface area contributed by atoms with Crippen LogP contribution in [0.5, 0.6) is 0 Å². The maximum Gasteiger partial charge on any atom is 0.238 e. The Morgan fingerprint density at radius 1 is 1.30 bits per heavy atom. The third kappa shape index (κ3) is 2.79. The maximum absolute atomic E-state index is 12.4. The van der Waals surface area contributed by atoms with E-state index in [4.69, 9.17) is 0 Å². The Labute approximate surface area is 118 Å². The number of carbonyl (C=O) groups is 3. The zero-order chi connectivity index (χ0) is 14.5. The van der Waals surface area contributed by atoms with Gasteiger partial charge in [0.1, 0.15) is 6.29 Å². The summed E-state index contributed by atoms with van der Waals surface area (Å²) in [7, 11) is 0. The molecule has 1 aliphatic heterocycles. The third-order valence-electron chi connectivity index (χ3n) is 3.78. The van der Waals surface area contributed by atoms with Crippen LogP contribution in [-0.2, 0) is 14.4 Å². The number of amides is 2. The molecule has 1 aromatic rings. The Morgan fingerprint density at radius 3 is 2.60 bits per heavy atom. The van der Waals surface area contributed by atoms with E-state index in [0.29, 0.717) is 12.1 Å². The van der Waals surface area contributed by atoms with Crippen molar-refractivity contribution in [1.29, 1.82) is 0 Å². The summed E-state index contributed by atoms with van der Waals surface area (Å²) in [5.74, 6) is -1.30. The summed E-state index contributed by atoms with van der Waals surface area (Å²) < 4.78 is 0. The van der Waals surface area contributed by atoms with Crippen LogP contribution in [0, 0.1) is 11.8 Å². The molecule has 2 unspecified atom stereocenters. The average Bonchev–Trinajstić information content (AvgIpc) is 2.76. The number of imide groups is 1. The Hall–Kier alpha value is -1.97. The van der Waals surface area contributed by atoms with Crippen LogP contribution in [0.1, 0.15) is 32.6 Å². The van der Waals surface area contributed by atoms with E-state index in [1.165, 1.54) is 4.90 Å². The van der Waals surface area contributed by atoms with Gasteiger partial charge in [-0.25, -0.2) is 0 Å². The second kappa shape index (κ2) is 6.46. The van der Waals surface area contributed by atoms with Crippen molar-refractivity contribution in [3.05, 3.63) is 30.3 Å². The number of unbranched alkanes of at least 4 members (excludes halogenated alkanes) is 1. The van der Waals surface area contributed by atoms with E-state index < -0.39 is 5.92 Å². The second-order valence-corrected chi connectivity index (χ2v) is 5.16. The first-order valence-corrected chi connectivity index (χ1v) is 7.06. The molecule has 0 aromatic heterocycles. The largest absolute Gasteiger partial charge is 0.303 e. The fourth-order valence-corrected chi connectivity index (χ4v) is 2.64. The summed E-state index contributed by atoms with van der Waals surface area (Å²) in [6.07, 6.45) is 3.52. The summed E-state index contributed by atoms with van der Waals surface area (Å²) in [4.78, 5) is 36.9. The predicted octanol–water partition coefficient (Wildman–Crippen LogP) is 2.57. The Morgan fingerprint density at radius 2 is 2.00 bits per heavy atom. The molecule has 1 aliphatic rings. The molecular formula is C16H19NO3. The fourth-order valence-electron chi connectivity index (χ4n) is 2.64. The number of hydrogen-bond acceptors (Lipinski definition) is 3. The van der Waals surface area contributed by atoms with Crippen LogP contribution in [0.3, 0.4) is 0 Å². The van der Waals surface area contributed by atoms with Crippen molar-refractivity contribution in [2.75, 3.05) is 4.90 Å². The van der Waals surface area contributed by atoms with Crippen molar-refractivity contribution in [1.82, 2.24) is 0 Å². The lowest BCUT2D eigenvalue weighted by Gasteiger charge is -2.17. The molecule has 4 nitrogen and oxygen atoms in total. The minimum absolute atomic E-state index is 0.140. The smallest absolute Gasteiger partial charge is 0.238 e. The monoisotopic (exact) mass is 273 g/mol. The van der Waals surface area contributed by atoms with Gasteiger partial charge in [0.25, 0.3) is 0 Å². The first-order valence-electron chi connectivity index (χ1n) is 7.06. The summed E-state index contributed by atoms with van der Waals surface area (Å²) in [6, 6.07) is 8.89. The summed E-state index contributed by atoms with van der Waals surface area (Å²) in [5, 5.41) is 0. The first kappa shape index (κ1) is 14.4. The van der Waals surface area contributed by atoms with Crippen molar-refractivity contribution in [2.45, 2.75) is 32.6 Å². The molecule has 1 saturated heterocycles. The molecule has 106 valence electrons. The van der Waals surface area contributed by atoms with Gasteiger partial charge in [-0.15, -0.1) is 0 Å². The highest BCUT2D eigenvalue weighted by molar-refractivity contribution is 6.21. The number of carbonyl (C=O) groups excluding carboxylic acids is 3.